The van der Waals surface area contributed by atoms with Crippen LogP contribution in [0.3, 0.4) is 0 Å². The van der Waals surface area contributed by atoms with Crippen molar-refractivity contribution in [2.24, 2.45) is 0 Å². The lowest BCUT2D eigenvalue weighted by molar-refractivity contribution is -0.132. The van der Waals surface area contributed by atoms with Crippen molar-refractivity contribution in [3.63, 3.8) is 0 Å². The van der Waals surface area contributed by atoms with Crippen molar-refractivity contribution in [2.75, 3.05) is 5.32 Å². The molecule has 0 saturated carbocycles. The topological polar surface area (TPSA) is 55.4 Å². The highest BCUT2D eigenvalue weighted by Crippen LogP contribution is 2.24. The van der Waals surface area contributed by atoms with E-state index < -0.39 is 0 Å². The number of carbonyl (C=O) groups excluding carboxylic acids is 2. The summed E-state index contributed by atoms with van der Waals surface area (Å²) in [5.41, 5.74) is 0.683. The Morgan fingerprint density at radius 3 is 2.47 bits per heavy atom. The van der Waals surface area contributed by atoms with Gasteiger partial charge in [-0.15, -0.1) is 0 Å². The largest absolute Gasteiger partial charge is 0.426 e. The minimum atomic E-state index is -0.361. The van der Waals surface area contributed by atoms with Crippen molar-refractivity contribution in [3.8, 4) is 5.75 Å². The highest BCUT2D eigenvalue weighted by Gasteiger charge is 2.05. The molecule has 1 rings (SSSR count). The van der Waals surface area contributed by atoms with Gasteiger partial charge in [0.15, 0.2) is 0 Å². The lowest BCUT2D eigenvalue weighted by Crippen LogP contribution is -2.07. The molecule has 0 heterocycles. The molecule has 0 aliphatic heterocycles. The maximum Gasteiger partial charge on any atom is 0.308 e. The number of halogens is 1. The van der Waals surface area contributed by atoms with Gasteiger partial charge in [-0.1, -0.05) is 0 Å². The summed E-state index contributed by atoms with van der Waals surface area (Å²) in [6.07, 6.45) is 0. The van der Waals surface area contributed by atoms with Crippen molar-refractivity contribution in [3.05, 3.63) is 21.8 Å². The molecule has 0 fully saturated rings. The number of carbonyl (C=O) groups is 2. The first kappa shape index (κ1) is 12.0. The van der Waals surface area contributed by atoms with Crippen LogP contribution in [0.2, 0.25) is 0 Å². The molecular weight excluding hydrogens is 309 g/mol. The summed E-state index contributed by atoms with van der Waals surface area (Å²) in [4.78, 5) is 21.5. The van der Waals surface area contributed by atoms with E-state index >= 15 is 0 Å². The van der Waals surface area contributed by atoms with Gasteiger partial charge >= 0.3 is 5.97 Å². The van der Waals surface area contributed by atoms with Gasteiger partial charge in [0.1, 0.15) is 5.75 Å². The molecular formula is C10H10INO3. The molecule has 1 amide bonds. The Hall–Kier alpha value is -1.11. The Kier molecular flexibility index (Phi) is 4.07. The molecule has 1 aromatic carbocycles. The molecule has 0 aromatic heterocycles. The average molecular weight is 319 g/mol. The van der Waals surface area contributed by atoms with Crippen LogP contribution in [0.25, 0.3) is 0 Å². The molecule has 1 aromatic rings. The molecule has 0 spiro atoms. The van der Waals surface area contributed by atoms with Crippen LogP contribution in [-0.2, 0) is 9.59 Å². The summed E-state index contributed by atoms with van der Waals surface area (Å²) in [5.74, 6) is 0.00318. The van der Waals surface area contributed by atoms with Gasteiger partial charge in [-0.25, -0.2) is 0 Å². The Morgan fingerprint density at radius 1 is 1.33 bits per heavy atom. The van der Waals surface area contributed by atoms with Gasteiger partial charge in [-0.2, -0.15) is 0 Å². The van der Waals surface area contributed by atoms with Crippen LogP contribution in [0.4, 0.5) is 5.69 Å². The second-order valence-corrected chi connectivity index (χ2v) is 4.08. The first-order valence-corrected chi connectivity index (χ1v) is 5.32. The Morgan fingerprint density at radius 2 is 2.00 bits per heavy atom. The molecule has 5 heteroatoms. The molecule has 0 aliphatic rings. The highest BCUT2D eigenvalue weighted by atomic mass is 127. The maximum absolute atomic E-state index is 10.8. The fraction of sp³-hybridized carbons (Fsp3) is 0.200. The van der Waals surface area contributed by atoms with Gasteiger partial charge in [0.05, 0.1) is 3.57 Å². The predicted molar refractivity (Wildman–Crippen MR) is 64.8 cm³/mol. The van der Waals surface area contributed by atoms with Gasteiger partial charge in [0.25, 0.3) is 0 Å². The van der Waals surface area contributed by atoms with Crippen LogP contribution >= 0.6 is 22.6 Å². The first-order chi connectivity index (χ1) is 6.99. The third-order valence-electron chi connectivity index (χ3n) is 1.51. The van der Waals surface area contributed by atoms with Crippen LogP contribution in [-0.4, -0.2) is 11.9 Å². The predicted octanol–water partition coefficient (Wildman–Crippen LogP) is 2.17. The highest BCUT2D eigenvalue weighted by molar-refractivity contribution is 14.1. The number of anilines is 1. The van der Waals surface area contributed by atoms with E-state index in [4.69, 9.17) is 4.74 Å². The summed E-state index contributed by atoms with van der Waals surface area (Å²) in [5, 5.41) is 2.64. The summed E-state index contributed by atoms with van der Waals surface area (Å²) in [6, 6.07) is 5.07. The molecule has 0 atom stereocenters. The number of hydrogen-bond acceptors (Lipinski definition) is 3. The second-order valence-electron chi connectivity index (χ2n) is 2.92. The quantitative estimate of drug-likeness (QED) is 0.516. The Bertz CT molecular complexity index is 404. The van der Waals surface area contributed by atoms with Gasteiger partial charge in [-0.3, -0.25) is 9.59 Å². The Labute approximate surface area is 101 Å². The minimum absolute atomic E-state index is 0.133. The van der Waals surface area contributed by atoms with Crippen LogP contribution < -0.4 is 10.1 Å². The van der Waals surface area contributed by atoms with E-state index in [0.29, 0.717) is 11.4 Å². The zero-order valence-corrected chi connectivity index (χ0v) is 10.5. The first-order valence-electron chi connectivity index (χ1n) is 4.24. The number of rotatable bonds is 2. The normalized spacial score (nSPS) is 9.53. The van der Waals surface area contributed by atoms with Crippen LogP contribution in [0.5, 0.6) is 5.75 Å². The molecule has 0 bridgehead atoms. The third-order valence-corrected chi connectivity index (χ3v) is 2.35. The number of ether oxygens (including phenoxy) is 1. The SMILES string of the molecule is CC(=O)Nc1ccc(OC(C)=O)c(I)c1. The van der Waals surface area contributed by atoms with E-state index in [2.05, 4.69) is 5.32 Å². The zero-order chi connectivity index (χ0) is 11.4. The molecule has 0 unspecified atom stereocenters. The van der Waals surface area contributed by atoms with Crippen molar-refractivity contribution in [2.45, 2.75) is 13.8 Å². The molecule has 0 aliphatic carbocycles. The molecule has 80 valence electrons. The van der Waals surface area contributed by atoms with E-state index in [1.807, 2.05) is 22.6 Å². The number of nitrogens with one attached hydrogen (secondary N) is 1. The number of benzene rings is 1. The average Bonchev–Trinajstić information content (AvgIpc) is 2.08. The van der Waals surface area contributed by atoms with Gasteiger partial charge in [0.2, 0.25) is 5.91 Å². The fourth-order valence-electron chi connectivity index (χ4n) is 1.02. The summed E-state index contributed by atoms with van der Waals surface area (Å²) in [6.45, 7) is 2.78. The lowest BCUT2D eigenvalue weighted by Gasteiger charge is -2.06. The maximum atomic E-state index is 10.8. The van der Waals surface area contributed by atoms with Crippen molar-refractivity contribution < 1.29 is 14.3 Å². The van der Waals surface area contributed by atoms with Crippen molar-refractivity contribution in [1.29, 1.82) is 0 Å². The van der Waals surface area contributed by atoms with Gasteiger partial charge in [-0.05, 0) is 40.8 Å². The van der Waals surface area contributed by atoms with Gasteiger partial charge < -0.3 is 10.1 Å². The smallest absolute Gasteiger partial charge is 0.308 e. The van der Waals surface area contributed by atoms with E-state index in [9.17, 15) is 9.59 Å². The van der Waals surface area contributed by atoms with Crippen LogP contribution in [0, 0.1) is 3.57 Å². The molecule has 1 N–H and O–H groups in total. The van der Waals surface area contributed by atoms with Gasteiger partial charge in [0, 0.05) is 19.5 Å². The molecule has 0 radical (unpaired) electrons. The van der Waals surface area contributed by atoms with Crippen molar-refractivity contribution >= 4 is 40.2 Å². The van der Waals surface area contributed by atoms with Crippen LogP contribution in [0.15, 0.2) is 18.2 Å². The van der Waals surface area contributed by atoms with E-state index in [1.54, 1.807) is 18.2 Å². The molecule has 15 heavy (non-hydrogen) atoms. The minimum Gasteiger partial charge on any atom is -0.426 e. The number of amides is 1. The zero-order valence-electron chi connectivity index (χ0n) is 8.33. The second kappa shape index (κ2) is 5.11. The summed E-state index contributed by atoms with van der Waals surface area (Å²) < 4.78 is 5.72. The van der Waals surface area contributed by atoms with E-state index in [1.165, 1.54) is 13.8 Å². The third kappa shape index (κ3) is 3.86. The molecule has 0 saturated heterocycles. The summed E-state index contributed by atoms with van der Waals surface area (Å²) in [7, 11) is 0. The molecule has 4 nitrogen and oxygen atoms in total. The standard InChI is InChI=1S/C10H10INO3/c1-6(13)12-8-3-4-10(9(11)5-8)15-7(2)14/h3-5H,1-2H3,(H,12,13). The lowest BCUT2D eigenvalue weighted by atomic mass is 10.3. The van der Waals surface area contributed by atoms with E-state index in [-0.39, 0.29) is 11.9 Å². The number of hydrogen-bond donors (Lipinski definition) is 1. The fourth-order valence-corrected chi connectivity index (χ4v) is 1.64. The van der Waals surface area contributed by atoms with Crippen LogP contribution in [0.1, 0.15) is 13.8 Å². The Balaban J connectivity index is 2.87. The number of esters is 1. The summed E-state index contributed by atoms with van der Waals surface area (Å²) >= 11 is 2.04. The van der Waals surface area contributed by atoms with E-state index in [0.717, 1.165) is 3.57 Å². The van der Waals surface area contributed by atoms with Crippen molar-refractivity contribution in [1.82, 2.24) is 0 Å². The monoisotopic (exact) mass is 319 g/mol.